The fourth-order valence-electron chi connectivity index (χ4n) is 4.78. The van der Waals surface area contributed by atoms with Crippen molar-refractivity contribution in [3.8, 4) is 22.6 Å². The summed E-state index contributed by atoms with van der Waals surface area (Å²) in [6.07, 6.45) is 1.97. The van der Waals surface area contributed by atoms with Crippen LogP contribution in [0.5, 0.6) is 11.5 Å². The molecule has 9 heteroatoms. The molecule has 1 aromatic heterocycles. The highest BCUT2D eigenvalue weighted by Gasteiger charge is 2.18. The van der Waals surface area contributed by atoms with Crippen LogP contribution in [-0.2, 0) is 24.4 Å². The predicted octanol–water partition coefficient (Wildman–Crippen LogP) is 3.78. The number of nitrogens with zero attached hydrogens (tertiary/aromatic N) is 5. The zero-order valence-corrected chi connectivity index (χ0v) is 22.1. The molecule has 4 aromatic rings. The Morgan fingerprint density at radius 3 is 2.23 bits per heavy atom. The Morgan fingerprint density at radius 1 is 0.821 bits per heavy atom. The third kappa shape index (κ3) is 7.43. The largest absolute Gasteiger partial charge is 0.497 e. The molecule has 5 rings (SSSR count). The van der Waals surface area contributed by atoms with Crippen LogP contribution in [0.2, 0.25) is 0 Å². The zero-order chi connectivity index (χ0) is 27.0. The molecule has 1 N–H and O–H groups in total. The number of carbonyl (C=O) groups is 1. The number of rotatable bonds is 11. The van der Waals surface area contributed by atoms with Gasteiger partial charge in [-0.15, -0.1) is 5.10 Å². The predicted molar refractivity (Wildman–Crippen MR) is 148 cm³/mol. The van der Waals surface area contributed by atoms with Gasteiger partial charge in [0.25, 0.3) is 0 Å². The van der Waals surface area contributed by atoms with Crippen molar-refractivity contribution in [1.82, 2.24) is 24.8 Å². The Balaban J connectivity index is 1.10. The molecule has 2 heterocycles. The maximum Gasteiger partial charge on any atom is 0.341 e. The third-order valence-electron chi connectivity index (χ3n) is 6.80. The summed E-state index contributed by atoms with van der Waals surface area (Å²) >= 11 is 0. The Bertz CT molecular complexity index is 1380. The van der Waals surface area contributed by atoms with Crippen LogP contribution in [0.1, 0.15) is 16.8 Å². The number of aliphatic carboxylic acids is 1. The second-order valence-corrected chi connectivity index (χ2v) is 9.72. The van der Waals surface area contributed by atoms with Gasteiger partial charge in [0.05, 0.1) is 25.5 Å². The highest BCUT2D eigenvalue weighted by atomic mass is 16.5. The number of hydrogen-bond acceptors (Lipinski definition) is 7. The molecule has 0 bridgehead atoms. The number of methoxy groups -OCH3 is 1. The Kier molecular flexibility index (Phi) is 8.50. The maximum atomic E-state index is 10.7. The Hall–Kier alpha value is -4.21. The van der Waals surface area contributed by atoms with E-state index in [0.29, 0.717) is 12.3 Å². The molecule has 0 saturated carbocycles. The molecule has 1 fully saturated rings. The van der Waals surface area contributed by atoms with Crippen molar-refractivity contribution in [3.05, 3.63) is 95.8 Å². The lowest BCUT2D eigenvalue weighted by Gasteiger charge is -2.34. The van der Waals surface area contributed by atoms with Crippen molar-refractivity contribution in [2.45, 2.75) is 19.6 Å². The molecule has 1 aliphatic heterocycles. The average Bonchev–Trinajstić information content (AvgIpc) is 3.40. The summed E-state index contributed by atoms with van der Waals surface area (Å²) in [6.45, 7) is 5.85. The summed E-state index contributed by atoms with van der Waals surface area (Å²) < 4.78 is 12.4. The van der Waals surface area contributed by atoms with Gasteiger partial charge in [-0.1, -0.05) is 47.7 Å². The fourth-order valence-corrected chi connectivity index (χ4v) is 4.78. The molecule has 1 saturated heterocycles. The highest BCUT2D eigenvalue weighted by Crippen LogP contribution is 2.24. The van der Waals surface area contributed by atoms with Gasteiger partial charge >= 0.3 is 5.97 Å². The topological polar surface area (TPSA) is 93.0 Å². The molecule has 0 spiro atoms. The number of benzene rings is 3. The van der Waals surface area contributed by atoms with Crippen LogP contribution < -0.4 is 9.47 Å². The minimum atomic E-state index is -0.999. The van der Waals surface area contributed by atoms with Crippen molar-refractivity contribution in [3.63, 3.8) is 0 Å². The lowest BCUT2D eigenvalue weighted by molar-refractivity contribution is -0.139. The van der Waals surface area contributed by atoms with E-state index < -0.39 is 5.97 Å². The van der Waals surface area contributed by atoms with E-state index in [-0.39, 0.29) is 6.61 Å². The van der Waals surface area contributed by atoms with E-state index in [9.17, 15) is 4.79 Å². The van der Waals surface area contributed by atoms with E-state index in [1.165, 1.54) is 16.7 Å². The number of hydrogen-bond donors (Lipinski definition) is 1. The molecule has 0 radical (unpaired) electrons. The van der Waals surface area contributed by atoms with Gasteiger partial charge in [0.15, 0.2) is 6.61 Å². The van der Waals surface area contributed by atoms with Gasteiger partial charge in [-0.3, -0.25) is 9.80 Å². The fraction of sp³-hybridized carbons (Fsp3) is 0.300. The molecular formula is C30H33N5O4. The zero-order valence-electron chi connectivity index (χ0n) is 22.1. The molecule has 202 valence electrons. The van der Waals surface area contributed by atoms with Crippen molar-refractivity contribution >= 4 is 5.97 Å². The first-order valence-corrected chi connectivity index (χ1v) is 13.0. The number of aromatic nitrogens is 3. The smallest absolute Gasteiger partial charge is 0.341 e. The Morgan fingerprint density at radius 2 is 1.51 bits per heavy atom. The van der Waals surface area contributed by atoms with E-state index >= 15 is 0 Å². The summed E-state index contributed by atoms with van der Waals surface area (Å²) in [4.78, 5) is 15.7. The first-order valence-electron chi connectivity index (χ1n) is 13.0. The number of ether oxygens (including phenoxy) is 2. The monoisotopic (exact) mass is 527 g/mol. The van der Waals surface area contributed by atoms with Crippen LogP contribution in [0.3, 0.4) is 0 Å². The molecule has 0 aliphatic carbocycles. The third-order valence-corrected chi connectivity index (χ3v) is 6.80. The molecular weight excluding hydrogens is 494 g/mol. The summed E-state index contributed by atoms with van der Waals surface area (Å²) in [7, 11) is 1.69. The van der Waals surface area contributed by atoms with E-state index in [4.69, 9.17) is 14.6 Å². The molecule has 0 unspecified atom stereocenters. The van der Waals surface area contributed by atoms with Gasteiger partial charge in [0.2, 0.25) is 0 Å². The van der Waals surface area contributed by atoms with Crippen LogP contribution in [0, 0.1) is 0 Å². The summed E-state index contributed by atoms with van der Waals surface area (Å²) in [5, 5.41) is 17.5. The quantitative estimate of drug-likeness (QED) is 0.315. The first-order chi connectivity index (χ1) is 19.0. The number of piperazine rings is 1. The van der Waals surface area contributed by atoms with Crippen LogP contribution >= 0.6 is 0 Å². The van der Waals surface area contributed by atoms with Crippen LogP contribution in [0.25, 0.3) is 11.1 Å². The highest BCUT2D eigenvalue weighted by molar-refractivity contribution is 5.68. The lowest BCUT2D eigenvalue weighted by atomic mass is 10.0. The summed E-state index contributed by atoms with van der Waals surface area (Å²) in [5.41, 5.74) is 5.64. The molecule has 3 aromatic carbocycles. The van der Waals surface area contributed by atoms with Gasteiger partial charge in [-0.2, -0.15) is 0 Å². The van der Waals surface area contributed by atoms with E-state index in [1.54, 1.807) is 17.9 Å². The van der Waals surface area contributed by atoms with Gasteiger partial charge in [0.1, 0.15) is 11.5 Å². The second kappa shape index (κ2) is 12.6. The standard InChI is InChI=1S/C30H33N5O4/c1-38-28-10-8-25(9-11-28)26-6-2-4-23(16-26)18-33-12-14-34(15-13-33)20-27-21-35(32-31-27)19-24-5-3-7-29(17-24)39-22-30(36)37/h2-11,16-17,21H,12-15,18-20,22H2,1H3,(H,36,37). The van der Waals surface area contributed by atoms with Gasteiger partial charge < -0.3 is 14.6 Å². The van der Waals surface area contributed by atoms with E-state index in [2.05, 4.69) is 56.5 Å². The summed E-state index contributed by atoms with van der Waals surface area (Å²) in [6, 6.07) is 24.3. The molecule has 0 atom stereocenters. The molecule has 1 aliphatic rings. The van der Waals surface area contributed by atoms with Crippen molar-refractivity contribution in [2.75, 3.05) is 39.9 Å². The first kappa shape index (κ1) is 26.4. The van der Waals surface area contributed by atoms with Crippen LogP contribution in [0.4, 0.5) is 0 Å². The SMILES string of the molecule is COc1ccc(-c2cccc(CN3CCN(Cc4cn(Cc5cccc(OCC(=O)O)c5)nn4)CC3)c2)cc1. The molecule has 39 heavy (non-hydrogen) atoms. The van der Waals surface area contributed by atoms with Crippen molar-refractivity contribution in [1.29, 1.82) is 0 Å². The lowest BCUT2D eigenvalue weighted by Crippen LogP contribution is -2.45. The van der Waals surface area contributed by atoms with Crippen molar-refractivity contribution < 1.29 is 19.4 Å². The van der Waals surface area contributed by atoms with Gasteiger partial charge in [-0.25, -0.2) is 9.48 Å². The van der Waals surface area contributed by atoms with E-state index in [0.717, 1.165) is 56.3 Å². The minimum Gasteiger partial charge on any atom is -0.497 e. The summed E-state index contributed by atoms with van der Waals surface area (Å²) in [5.74, 6) is 0.395. The van der Waals surface area contributed by atoms with Gasteiger partial charge in [-0.05, 0) is 52.6 Å². The minimum absolute atomic E-state index is 0.361. The normalized spacial score (nSPS) is 14.3. The van der Waals surface area contributed by atoms with Crippen LogP contribution in [-0.4, -0.2) is 75.8 Å². The second-order valence-electron chi connectivity index (χ2n) is 9.72. The van der Waals surface area contributed by atoms with Gasteiger partial charge in [0, 0.05) is 39.3 Å². The maximum absolute atomic E-state index is 10.7. The Labute approximate surface area is 228 Å². The molecule has 0 amide bonds. The van der Waals surface area contributed by atoms with E-state index in [1.807, 2.05) is 36.5 Å². The molecule has 9 nitrogen and oxygen atoms in total. The van der Waals surface area contributed by atoms with Crippen LogP contribution in [0.15, 0.2) is 79.0 Å². The van der Waals surface area contributed by atoms with Crippen molar-refractivity contribution in [2.24, 2.45) is 0 Å². The average molecular weight is 528 g/mol. The number of carboxylic acids is 1. The number of carboxylic acid groups (broad SMARTS) is 1.